The monoisotopic (exact) mass is 365 g/mol. The highest BCUT2D eigenvalue weighted by molar-refractivity contribution is 9.10. The molecule has 2 aromatic rings. The lowest BCUT2D eigenvalue weighted by Gasteiger charge is -2.46. The Morgan fingerprint density at radius 2 is 2.09 bits per heavy atom. The van der Waals surface area contributed by atoms with Gasteiger partial charge in [0.2, 0.25) is 5.91 Å². The van der Waals surface area contributed by atoms with Gasteiger partial charge < -0.3 is 15.2 Å². The molecule has 2 saturated heterocycles. The quantitative estimate of drug-likeness (QED) is 0.811. The summed E-state index contributed by atoms with van der Waals surface area (Å²) in [6.07, 6.45) is 0.477. The van der Waals surface area contributed by atoms with Crippen molar-refractivity contribution < 1.29 is 14.0 Å². The molecule has 5 nitrogen and oxygen atoms in total. The minimum absolute atomic E-state index is 0.0460. The predicted octanol–water partition coefficient (Wildman–Crippen LogP) is 2.03. The van der Waals surface area contributed by atoms with Crippen LogP contribution >= 0.6 is 15.9 Å². The highest BCUT2D eigenvalue weighted by atomic mass is 79.9. The molecule has 1 aromatic carbocycles. The summed E-state index contributed by atoms with van der Waals surface area (Å²) in [5, 5.41) is 3.21. The van der Waals surface area contributed by atoms with E-state index in [2.05, 4.69) is 26.2 Å². The summed E-state index contributed by atoms with van der Waals surface area (Å²) < 4.78 is 14.5. The molecule has 2 aliphatic rings. The Balaban J connectivity index is 1.57. The number of nitrogens with zero attached hydrogens (tertiary/aromatic N) is 1. The molecule has 4 rings (SSSR count). The lowest BCUT2D eigenvalue weighted by Crippen LogP contribution is -2.59. The number of aromatic amines is 1. The second-order valence-electron chi connectivity index (χ2n) is 6.15. The maximum atomic E-state index is 13.9. The Morgan fingerprint density at radius 3 is 2.77 bits per heavy atom. The average Bonchev–Trinajstić information content (AvgIpc) is 3.00. The zero-order valence-corrected chi connectivity index (χ0v) is 13.2. The molecule has 2 N–H and O–H groups in total. The number of aromatic nitrogens is 1. The first-order valence-electron chi connectivity index (χ1n) is 7.00. The first-order chi connectivity index (χ1) is 10.5. The number of hydrogen-bond donors (Lipinski definition) is 2. The number of carbonyl (C=O) groups excluding carboxylic acids is 2. The number of rotatable bonds is 1. The van der Waals surface area contributed by atoms with E-state index in [4.69, 9.17) is 0 Å². The Hall–Kier alpha value is -1.89. The fraction of sp³-hybridized carbons (Fsp3) is 0.333. The second kappa shape index (κ2) is 4.55. The highest BCUT2D eigenvalue weighted by Crippen LogP contribution is 2.37. The largest absolute Gasteiger partial charge is 0.355 e. The van der Waals surface area contributed by atoms with Crippen molar-refractivity contribution in [3.05, 3.63) is 34.2 Å². The van der Waals surface area contributed by atoms with Gasteiger partial charge in [-0.2, -0.15) is 0 Å². The molecule has 114 valence electrons. The van der Waals surface area contributed by atoms with Gasteiger partial charge in [-0.3, -0.25) is 9.59 Å². The van der Waals surface area contributed by atoms with E-state index in [0.29, 0.717) is 47.1 Å². The molecule has 7 heteroatoms. The van der Waals surface area contributed by atoms with Crippen LogP contribution in [0.4, 0.5) is 4.39 Å². The summed E-state index contributed by atoms with van der Waals surface area (Å²) in [4.78, 5) is 28.5. The fourth-order valence-electron chi connectivity index (χ4n) is 3.33. The zero-order valence-electron chi connectivity index (χ0n) is 11.6. The van der Waals surface area contributed by atoms with E-state index in [1.165, 1.54) is 6.07 Å². The first-order valence-corrected chi connectivity index (χ1v) is 7.79. The lowest BCUT2D eigenvalue weighted by molar-refractivity contribution is -0.120. The average molecular weight is 366 g/mol. The molecule has 0 radical (unpaired) electrons. The highest BCUT2D eigenvalue weighted by Gasteiger charge is 2.50. The third-order valence-corrected chi connectivity index (χ3v) is 4.88. The SMILES string of the molecule is O=C1CC2(CN1)CN(C(=O)c1cc3c(F)cc(Br)cc3[nH]1)C2. The van der Waals surface area contributed by atoms with Crippen LogP contribution in [0, 0.1) is 11.2 Å². The van der Waals surface area contributed by atoms with Crippen LogP contribution in [0.3, 0.4) is 0 Å². The minimum Gasteiger partial charge on any atom is -0.355 e. The first kappa shape index (κ1) is 13.8. The molecule has 1 aromatic heterocycles. The van der Waals surface area contributed by atoms with E-state index < -0.39 is 0 Å². The summed E-state index contributed by atoms with van der Waals surface area (Å²) in [7, 11) is 0. The van der Waals surface area contributed by atoms with E-state index in [9.17, 15) is 14.0 Å². The Kier molecular flexibility index (Phi) is 2.84. The number of carbonyl (C=O) groups is 2. The Labute approximate surface area is 134 Å². The maximum absolute atomic E-state index is 13.9. The van der Waals surface area contributed by atoms with Crippen molar-refractivity contribution in [1.29, 1.82) is 0 Å². The summed E-state index contributed by atoms with van der Waals surface area (Å²) in [6, 6.07) is 4.66. The molecule has 2 aliphatic heterocycles. The number of hydrogen-bond acceptors (Lipinski definition) is 2. The van der Waals surface area contributed by atoms with Crippen molar-refractivity contribution in [2.45, 2.75) is 6.42 Å². The van der Waals surface area contributed by atoms with Gasteiger partial charge in [0.1, 0.15) is 11.5 Å². The molecule has 2 amide bonds. The Bertz CT molecular complexity index is 810. The summed E-state index contributed by atoms with van der Waals surface area (Å²) >= 11 is 3.24. The topological polar surface area (TPSA) is 65.2 Å². The standard InChI is InChI=1S/C15H13BrFN3O2/c16-8-1-10(17)9-3-12(19-11(9)2-8)14(22)20-6-15(7-20)4-13(21)18-5-15/h1-3,19H,4-7H2,(H,18,21). The van der Waals surface area contributed by atoms with Crippen LogP contribution in [0.15, 0.2) is 22.7 Å². The number of likely N-dealkylation sites (tertiary alicyclic amines) is 1. The molecule has 0 atom stereocenters. The number of halogens is 2. The van der Waals surface area contributed by atoms with Gasteiger partial charge >= 0.3 is 0 Å². The van der Waals surface area contributed by atoms with E-state index in [-0.39, 0.29) is 23.0 Å². The fourth-order valence-corrected chi connectivity index (χ4v) is 3.76. The number of H-pyrrole nitrogens is 1. The number of benzene rings is 1. The van der Waals surface area contributed by atoms with Crippen LogP contribution in [0.25, 0.3) is 10.9 Å². The zero-order chi connectivity index (χ0) is 15.5. The van der Waals surface area contributed by atoms with Crippen LogP contribution in [-0.4, -0.2) is 41.3 Å². The van der Waals surface area contributed by atoms with Crippen LogP contribution in [0.5, 0.6) is 0 Å². The van der Waals surface area contributed by atoms with Gasteiger partial charge in [0, 0.05) is 41.3 Å². The van der Waals surface area contributed by atoms with Gasteiger partial charge in [0.15, 0.2) is 0 Å². The van der Waals surface area contributed by atoms with E-state index in [1.54, 1.807) is 17.0 Å². The van der Waals surface area contributed by atoms with E-state index >= 15 is 0 Å². The number of amides is 2. The third-order valence-electron chi connectivity index (χ3n) is 4.42. The molecule has 0 saturated carbocycles. The normalized spacial score (nSPS) is 19.5. The second-order valence-corrected chi connectivity index (χ2v) is 7.06. The predicted molar refractivity (Wildman–Crippen MR) is 81.9 cm³/mol. The van der Waals surface area contributed by atoms with Gasteiger partial charge in [0.05, 0.1) is 5.52 Å². The molecular weight excluding hydrogens is 353 g/mol. The van der Waals surface area contributed by atoms with E-state index in [1.807, 2.05) is 0 Å². The summed E-state index contributed by atoms with van der Waals surface area (Å²) in [5.74, 6) is -0.480. The molecule has 2 fully saturated rings. The number of fused-ring (bicyclic) bond motifs is 1. The van der Waals surface area contributed by atoms with Crippen LogP contribution in [0.1, 0.15) is 16.9 Å². The van der Waals surface area contributed by atoms with Crippen LogP contribution < -0.4 is 5.32 Å². The Morgan fingerprint density at radius 1 is 1.32 bits per heavy atom. The van der Waals surface area contributed by atoms with E-state index in [0.717, 1.165) is 0 Å². The molecular formula is C15H13BrFN3O2. The van der Waals surface area contributed by atoms with Crippen LogP contribution in [0.2, 0.25) is 0 Å². The molecule has 22 heavy (non-hydrogen) atoms. The van der Waals surface area contributed by atoms with Crippen molar-refractivity contribution in [1.82, 2.24) is 15.2 Å². The molecule has 0 unspecified atom stereocenters. The van der Waals surface area contributed by atoms with Gasteiger partial charge in [-0.1, -0.05) is 15.9 Å². The molecule has 0 aliphatic carbocycles. The number of nitrogens with one attached hydrogen (secondary N) is 2. The molecule has 0 bridgehead atoms. The summed E-state index contributed by atoms with van der Waals surface area (Å²) in [6.45, 7) is 1.75. The van der Waals surface area contributed by atoms with Gasteiger partial charge in [0.25, 0.3) is 5.91 Å². The van der Waals surface area contributed by atoms with Gasteiger partial charge in [-0.05, 0) is 18.2 Å². The van der Waals surface area contributed by atoms with Crippen molar-refractivity contribution in [3.8, 4) is 0 Å². The lowest BCUT2D eigenvalue weighted by atomic mass is 9.79. The summed E-state index contributed by atoms with van der Waals surface area (Å²) in [5.41, 5.74) is 0.856. The smallest absolute Gasteiger partial charge is 0.270 e. The van der Waals surface area contributed by atoms with Crippen molar-refractivity contribution >= 4 is 38.6 Å². The molecule has 1 spiro atoms. The van der Waals surface area contributed by atoms with Gasteiger partial charge in [-0.25, -0.2) is 4.39 Å². The maximum Gasteiger partial charge on any atom is 0.270 e. The van der Waals surface area contributed by atoms with Crippen LogP contribution in [-0.2, 0) is 4.79 Å². The minimum atomic E-state index is -0.370. The van der Waals surface area contributed by atoms with Gasteiger partial charge in [-0.15, -0.1) is 0 Å². The van der Waals surface area contributed by atoms with Crippen molar-refractivity contribution in [2.75, 3.05) is 19.6 Å². The third kappa shape index (κ3) is 2.03. The van der Waals surface area contributed by atoms with Crippen molar-refractivity contribution in [3.63, 3.8) is 0 Å². The van der Waals surface area contributed by atoms with Crippen molar-refractivity contribution in [2.24, 2.45) is 5.41 Å². The molecule has 3 heterocycles.